The van der Waals surface area contributed by atoms with E-state index in [1.807, 2.05) is 25.3 Å². The van der Waals surface area contributed by atoms with Gasteiger partial charge in [-0.2, -0.15) is 0 Å². The Morgan fingerprint density at radius 2 is 2.04 bits per heavy atom. The summed E-state index contributed by atoms with van der Waals surface area (Å²) < 4.78 is 7.02. The van der Waals surface area contributed by atoms with Gasteiger partial charge in [0.15, 0.2) is 6.61 Å². The zero-order valence-corrected chi connectivity index (χ0v) is 16.2. The quantitative estimate of drug-likeness (QED) is 0.232. The van der Waals surface area contributed by atoms with Gasteiger partial charge in [-0.05, 0) is 39.0 Å². The van der Waals surface area contributed by atoms with Gasteiger partial charge in [0.1, 0.15) is 5.69 Å². The first-order chi connectivity index (χ1) is 13.3. The lowest BCUT2D eigenvalue weighted by atomic mass is 10.1. The normalized spacial score (nSPS) is 10.4. The summed E-state index contributed by atoms with van der Waals surface area (Å²) in [5.41, 5.74) is 2.25. The molecule has 8 nitrogen and oxygen atoms in total. The van der Waals surface area contributed by atoms with E-state index in [1.54, 1.807) is 12.1 Å². The van der Waals surface area contributed by atoms with E-state index in [0.29, 0.717) is 24.3 Å². The van der Waals surface area contributed by atoms with Crippen molar-refractivity contribution in [2.75, 3.05) is 18.5 Å². The van der Waals surface area contributed by atoms with Crippen molar-refractivity contribution in [1.82, 2.24) is 4.57 Å². The Bertz CT molecular complexity index is 930. The summed E-state index contributed by atoms with van der Waals surface area (Å²) in [6, 6.07) is 5.75. The topological polar surface area (TPSA) is 103 Å². The van der Waals surface area contributed by atoms with Crippen molar-refractivity contribution in [3.8, 4) is 0 Å². The number of hydrogen-bond donors (Lipinski definition) is 1. The number of nitrogens with one attached hydrogen (secondary N) is 1. The van der Waals surface area contributed by atoms with Crippen LogP contribution in [0.5, 0.6) is 0 Å². The lowest BCUT2D eigenvalue weighted by molar-refractivity contribution is -0.384. The van der Waals surface area contributed by atoms with Crippen LogP contribution in [-0.4, -0.2) is 34.4 Å². The fourth-order valence-corrected chi connectivity index (χ4v) is 2.94. The van der Waals surface area contributed by atoms with E-state index in [9.17, 15) is 19.7 Å². The van der Waals surface area contributed by atoms with E-state index in [-0.39, 0.29) is 17.0 Å². The Hall–Kier alpha value is -3.42. The molecule has 28 heavy (non-hydrogen) atoms. The molecule has 0 saturated heterocycles. The second kappa shape index (κ2) is 8.98. The van der Waals surface area contributed by atoms with Gasteiger partial charge in [0.25, 0.3) is 5.69 Å². The number of aromatic nitrogens is 1. The molecule has 1 N–H and O–H groups in total. The molecule has 0 aliphatic heterocycles. The summed E-state index contributed by atoms with van der Waals surface area (Å²) in [7, 11) is 0. The van der Waals surface area contributed by atoms with Gasteiger partial charge in [0, 0.05) is 36.1 Å². The van der Waals surface area contributed by atoms with Crippen LogP contribution in [0.2, 0.25) is 0 Å². The Kier molecular flexibility index (Phi) is 6.70. The number of ether oxygens (including phenoxy) is 1. The summed E-state index contributed by atoms with van der Waals surface area (Å²) in [4.78, 5) is 35.3. The van der Waals surface area contributed by atoms with E-state index in [1.165, 1.54) is 12.1 Å². The molecule has 148 valence electrons. The van der Waals surface area contributed by atoms with Crippen LogP contribution in [0.3, 0.4) is 0 Å². The number of benzene rings is 1. The predicted octanol–water partition coefficient (Wildman–Crippen LogP) is 3.67. The van der Waals surface area contributed by atoms with Crippen LogP contribution in [0.4, 0.5) is 11.4 Å². The van der Waals surface area contributed by atoms with Gasteiger partial charge in [0.05, 0.1) is 10.5 Å². The van der Waals surface area contributed by atoms with Gasteiger partial charge in [0.2, 0.25) is 5.78 Å². The minimum absolute atomic E-state index is 0.0123. The molecular weight excluding hydrogens is 362 g/mol. The summed E-state index contributed by atoms with van der Waals surface area (Å²) in [5.74, 6) is -1.13. The van der Waals surface area contributed by atoms with Gasteiger partial charge in [-0.25, -0.2) is 4.79 Å². The third-order valence-corrected chi connectivity index (χ3v) is 4.32. The number of Topliss-reactive ketones (excluding diaryl/α,β-unsaturated/α-hetero) is 1. The average Bonchev–Trinajstić information content (AvgIpc) is 2.95. The van der Waals surface area contributed by atoms with E-state index >= 15 is 0 Å². The van der Waals surface area contributed by atoms with Gasteiger partial charge < -0.3 is 14.6 Å². The molecule has 0 radical (unpaired) electrons. The molecule has 2 rings (SSSR count). The smallest absolute Gasteiger partial charge is 0.338 e. The predicted molar refractivity (Wildman–Crippen MR) is 106 cm³/mol. The number of nitro benzene ring substituents is 1. The zero-order valence-electron chi connectivity index (χ0n) is 16.2. The minimum atomic E-state index is -0.792. The average molecular weight is 385 g/mol. The largest absolute Gasteiger partial charge is 0.454 e. The van der Waals surface area contributed by atoms with E-state index in [2.05, 4.69) is 11.9 Å². The first-order valence-corrected chi connectivity index (χ1v) is 8.80. The Morgan fingerprint density at radius 3 is 2.64 bits per heavy atom. The first-order valence-electron chi connectivity index (χ1n) is 8.80. The second-order valence-electron chi connectivity index (χ2n) is 6.20. The van der Waals surface area contributed by atoms with E-state index in [0.717, 1.165) is 17.5 Å². The molecular formula is C20H23N3O5. The van der Waals surface area contributed by atoms with Gasteiger partial charge in [-0.1, -0.05) is 6.08 Å². The number of ketones is 1. The van der Waals surface area contributed by atoms with Gasteiger partial charge in [-0.15, -0.1) is 6.58 Å². The first kappa shape index (κ1) is 20.9. The van der Waals surface area contributed by atoms with E-state index in [4.69, 9.17) is 4.74 Å². The minimum Gasteiger partial charge on any atom is -0.454 e. The maximum atomic E-state index is 12.5. The highest BCUT2D eigenvalue weighted by molar-refractivity contribution is 6.00. The highest BCUT2D eigenvalue weighted by atomic mass is 16.6. The zero-order chi connectivity index (χ0) is 20.8. The van der Waals surface area contributed by atoms with Crippen molar-refractivity contribution >= 4 is 23.1 Å². The van der Waals surface area contributed by atoms with Crippen molar-refractivity contribution in [2.45, 2.75) is 27.3 Å². The lowest BCUT2D eigenvalue weighted by Crippen LogP contribution is -2.15. The molecule has 0 bridgehead atoms. The third kappa shape index (κ3) is 4.46. The highest BCUT2D eigenvalue weighted by Crippen LogP contribution is 2.26. The Morgan fingerprint density at radius 1 is 1.32 bits per heavy atom. The third-order valence-electron chi connectivity index (χ3n) is 4.32. The molecule has 0 atom stereocenters. The summed E-state index contributed by atoms with van der Waals surface area (Å²) in [6.45, 7) is 9.83. The number of carbonyl (C=O) groups excluding carboxylic acids is 2. The van der Waals surface area contributed by atoms with Crippen LogP contribution in [-0.2, 0) is 11.3 Å². The molecule has 1 heterocycles. The van der Waals surface area contributed by atoms with E-state index < -0.39 is 17.5 Å². The molecule has 0 aliphatic carbocycles. The number of rotatable bonds is 9. The number of esters is 1. The van der Waals surface area contributed by atoms with Crippen LogP contribution in [0.25, 0.3) is 0 Å². The Labute approximate surface area is 163 Å². The number of hydrogen-bond acceptors (Lipinski definition) is 6. The maximum absolute atomic E-state index is 12.5. The molecule has 8 heteroatoms. The fourth-order valence-electron chi connectivity index (χ4n) is 2.94. The van der Waals surface area contributed by atoms with Crippen LogP contribution in [0, 0.1) is 24.0 Å². The molecule has 2 aromatic rings. The summed E-state index contributed by atoms with van der Waals surface area (Å²) in [5, 5.41) is 14.1. The monoisotopic (exact) mass is 385 g/mol. The number of anilines is 1. The molecule has 1 aromatic carbocycles. The van der Waals surface area contributed by atoms with Crippen LogP contribution >= 0.6 is 0 Å². The number of nitro groups is 1. The van der Waals surface area contributed by atoms with Crippen molar-refractivity contribution in [2.24, 2.45) is 0 Å². The summed E-state index contributed by atoms with van der Waals surface area (Å²) in [6.07, 6.45) is 1.73. The SMILES string of the molecule is C=CCn1c(C)cc(C(=O)COC(=O)c2ccc(NCC)c([N+](=O)[O-])c2)c1C. The van der Waals surface area contributed by atoms with Crippen molar-refractivity contribution in [3.05, 3.63) is 69.5 Å². The van der Waals surface area contributed by atoms with Crippen LogP contribution < -0.4 is 5.32 Å². The molecule has 0 fully saturated rings. The molecule has 0 saturated carbocycles. The van der Waals surface area contributed by atoms with Crippen molar-refractivity contribution < 1.29 is 19.2 Å². The molecule has 0 aliphatic rings. The fraction of sp³-hybridized carbons (Fsp3) is 0.300. The molecule has 1 aromatic heterocycles. The van der Waals surface area contributed by atoms with Crippen molar-refractivity contribution in [1.29, 1.82) is 0 Å². The lowest BCUT2D eigenvalue weighted by Gasteiger charge is -2.08. The number of carbonyl (C=O) groups is 2. The van der Waals surface area contributed by atoms with Crippen LogP contribution in [0.1, 0.15) is 39.0 Å². The second-order valence-corrected chi connectivity index (χ2v) is 6.20. The summed E-state index contributed by atoms with van der Waals surface area (Å²) >= 11 is 0. The standard InChI is InChI=1S/C20H23N3O5/c1-5-9-22-13(3)10-16(14(22)4)19(24)12-28-20(25)15-7-8-17(21-6-2)18(11-15)23(26)27/h5,7-8,10-11,21H,1,6,9,12H2,2-4H3. The molecule has 0 unspecified atom stereocenters. The number of allylic oxidation sites excluding steroid dienone is 1. The van der Waals surface area contributed by atoms with Gasteiger partial charge in [-0.3, -0.25) is 14.9 Å². The maximum Gasteiger partial charge on any atom is 0.338 e. The highest BCUT2D eigenvalue weighted by Gasteiger charge is 2.20. The van der Waals surface area contributed by atoms with Crippen molar-refractivity contribution in [3.63, 3.8) is 0 Å². The molecule has 0 amide bonds. The molecule has 0 spiro atoms. The van der Waals surface area contributed by atoms with Gasteiger partial charge >= 0.3 is 5.97 Å². The van der Waals surface area contributed by atoms with Crippen LogP contribution in [0.15, 0.2) is 36.9 Å². The number of nitrogens with zero attached hydrogens (tertiary/aromatic N) is 2. The Balaban J connectivity index is 2.13. The number of aryl methyl sites for hydroxylation is 1.